The largest absolute Gasteiger partial charge is 0.317 e. The van der Waals surface area contributed by atoms with E-state index >= 15 is 0 Å². The van der Waals surface area contributed by atoms with Crippen LogP contribution in [0.5, 0.6) is 0 Å². The lowest BCUT2D eigenvalue weighted by Crippen LogP contribution is -2.10. The van der Waals surface area contributed by atoms with E-state index < -0.39 is 0 Å². The molecule has 3 aromatic heterocycles. The van der Waals surface area contributed by atoms with Crippen LogP contribution in [-0.2, 0) is 0 Å². The van der Waals surface area contributed by atoms with Gasteiger partial charge in [-0.1, -0.05) is 96.1 Å². The number of anilines is 3. The molecule has 0 spiro atoms. The van der Waals surface area contributed by atoms with Gasteiger partial charge in [0.25, 0.3) is 0 Å². The van der Waals surface area contributed by atoms with Crippen molar-refractivity contribution in [1.82, 2.24) is 13.7 Å². The first-order valence-electron chi connectivity index (χ1n) is 19.3. The Balaban J connectivity index is 1.11. The number of hydrogen-bond donors (Lipinski definition) is 0. The summed E-state index contributed by atoms with van der Waals surface area (Å²) in [7, 11) is 0. The molecule has 0 aliphatic carbocycles. The van der Waals surface area contributed by atoms with Crippen LogP contribution < -0.4 is 4.90 Å². The highest BCUT2D eigenvalue weighted by Crippen LogP contribution is 2.42. The second kappa shape index (κ2) is 12.6. The number of aryl methyl sites for hydroxylation is 2. The molecule has 8 aromatic carbocycles. The number of nitrogens with zero attached hydrogens (tertiary/aromatic N) is 4. The third-order valence-electron chi connectivity index (χ3n) is 11.4. The van der Waals surface area contributed by atoms with Crippen LogP contribution in [0.15, 0.2) is 194 Å². The molecule has 3 heterocycles. The highest BCUT2D eigenvalue weighted by Gasteiger charge is 2.20. The van der Waals surface area contributed by atoms with E-state index in [4.69, 9.17) is 0 Å². The molecule has 0 saturated carbocycles. The van der Waals surface area contributed by atoms with Crippen LogP contribution in [0.3, 0.4) is 0 Å². The summed E-state index contributed by atoms with van der Waals surface area (Å²) in [6.07, 6.45) is 2.20. The van der Waals surface area contributed by atoms with E-state index in [1.807, 2.05) is 0 Å². The Morgan fingerprint density at radius 2 is 0.893 bits per heavy atom. The molecule has 0 N–H and O–H groups in total. The third-order valence-corrected chi connectivity index (χ3v) is 11.4. The van der Waals surface area contributed by atoms with Gasteiger partial charge in [0.2, 0.25) is 0 Å². The van der Waals surface area contributed by atoms with Crippen molar-refractivity contribution in [3.8, 4) is 17.1 Å². The minimum atomic E-state index is 1.09. The van der Waals surface area contributed by atoms with E-state index in [9.17, 15) is 0 Å². The van der Waals surface area contributed by atoms with Gasteiger partial charge in [-0.15, -0.1) is 0 Å². The van der Waals surface area contributed by atoms with Gasteiger partial charge in [-0.3, -0.25) is 0 Å². The van der Waals surface area contributed by atoms with Gasteiger partial charge in [0.1, 0.15) is 0 Å². The summed E-state index contributed by atoms with van der Waals surface area (Å²) in [5.74, 6) is 0. The Morgan fingerprint density at radius 1 is 0.339 bits per heavy atom. The topological polar surface area (TPSA) is 18.0 Å². The molecule has 0 aliphatic heterocycles. The molecule has 0 bridgehead atoms. The standard InChI is InChI=1S/C52H38N4/c1-35-19-23-38(24-20-35)54(42-27-28-50-46(34-42)43-15-6-8-17-48(43)55(50)39-25-21-36(2)22-26-39)40-13-10-14-41(33-40)56-49-18-9-7-16-44(49)52-45-31-32-53(37-11-4-3-5-12-37)47(45)29-30-51(52)56/h3-34H,1-2H3. The molecule has 11 aromatic rings. The SMILES string of the molecule is Cc1ccc(N(c2cccc(-n3c4ccccc4c4c5ccn(-c6ccccc6)c5ccc43)c2)c2ccc3c(c2)c2ccccc2n3-c2ccc(C)cc2)cc1. The van der Waals surface area contributed by atoms with Crippen molar-refractivity contribution in [2.24, 2.45) is 0 Å². The predicted molar refractivity (Wildman–Crippen MR) is 236 cm³/mol. The van der Waals surface area contributed by atoms with Crippen LogP contribution in [0, 0.1) is 13.8 Å². The lowest BCUT2D eigenvalue weighted by atomic mass is 10.1. The summed E-state index contributed by atoms with van der Waals surface area (Å²) in [4.78, 5) is 2.40. The molecular formula is C52H38N4. The highest BCUT2D eigenvalue weighted by molar-refractivity contribution is 6.21. The van der Waals surface area contributed by atoms with Crippen LogP contribution in [0.4, 0.5) is 17.1 Å². The number of benzene rings is 8. The molecule has 0 atom stereocenters. The molecule has 0 aliphatic rings. The Hall–Kier alpha value is -7.30. The zero-order chi connectivity index (χ0) is 37.3. The van der Waals surface area contributed by atoms with Gasteiger partial charge in [0.05, 0.1) is 27.6 Å². The second-order valence-electron chi connectivity index (χ2n) is 14.8. The molecule has 11 rings (SSSR count). The van der Waals surface area contributed by atoms with Crippen LogP contribution in [-0.4, -0.2) is 13.7 Å². The average molecular weight is 719 g/mol. The fourth-order valence-corrected chi connectivity index (χ4v) is 8.76. The van der Waals surface area contributed by atoms with Crippen LogP contribution >= 0.6 is 0 Å². The third kappa shape index (κ3) is 5.00. The van der Waals surface area contributed by atoms with Gasteiger partial charge in [-0.05, 0) is 117 Å². The molecule has 0 amide bonds. The van der Waals surface area contributed by atoms with Gasteiger partial charge >= 0.3 is 0 Å². The summed E-state index contributed by atoms with van der Waals surface area (Å²) in [5.41, 5.74) is 15.2. The van der Waals surface area contributed by atoms with E-state index in [-0.39, 0.29) is 0 Å². The first-order valence-corrected chi connectivity index (χ1v) is 19.3. The molecule has 0 unspecified atom stereocenters. The highest BCUT2D eigenvalue weighted by atomic mass is 15.1. The molecule has 4 nitrogen and oxygen atoms in total. The molecule has 56 heavy (non-hydrogen) atoms. The van der Waals surface area contributed by atoms with Crippen molar-refractivity contribution >= 4 is 71.6 Å². The lowest BCUT2D eigenvalue weighted by Gasteiger charge is -2.26. The van der Waals surface area contributed by atoms with Gasteiger partial charge in [-0.25, -0.2) is 0 Å². The first kappa shape index (κ1) is 32.2. The summed E-state index contributed by atoms with van der Waals surface area (Å²) >= 11 is 0. The monoisotopic (exact) mass is 718 g/mol. The Morgan fingerprint density at radius 3 is 1.68 bits per heavy atom. The molecule has 0 radical (unpaired) electrons. The minimum absolute atomic E-state index is 1.09. The normalized spacial score (nSPS) is 11.8. The van der Waals surface area contributed by atoms with Crippen molar-refractivity contribution in [2.75, 3.05) is 4.90 Å². The van der Waals surface area contributed by atoms with Gasteiger partial charge in [-0.2, -0.15) is 0 Å². The van der Waals surface area contributed by atoms with Crippen LogP contribution in [0.2, 0.25) is 0 Å². The van der Waals surface area contributed by atoms with Crippen LogP contribution in [0.1, 0.15) is 11.1 Å². The van der Waals surface area contributed by atoms with Crippen molar-refractivity contribution in [3.63, 3.8) is 0 Å². The van der Waals surface area contributed by atoms with E-state index in [1.165, 1.54) is 65.6 Å². The molecule has 4 heteroatoms. The lowest BCUT2D eigenvalue weighted by molar-refractivity contribution is 1.13. The Kier molecular flexibility index (Phi) is 7.26. The van der Waals surface area contributed by atoms with Crippen molar-refractivity contribution in [3.05, 3.63) is 205 Å². The maximum absolute atomic E-state index is 2.43. The van der Waals surface area contributed by atoms with E-state index in [0.29, 0.717) is 0 Å². The van der Waals surface area contributed by atoms with Gasteiger partial charge in [0, 0.05) is 67.3 Å². The predicted octanol–water partition coefficient (Wildman–Crippen LogP) is 13.9. The zero-order valence-corrected chi connectivity index (χ0v) is 31.3. The Labute approximate surface area is 325 Å². The van der Waals surface area contributed by atoms with E-state index in [1.54, 1.807) is 0 Å². The first-order chi connectivity index (χ1) is 27.6. The molecular weight excluding hydrogens is 681 g/mol. The minimum Gasteiger partial charge on any atom is -0.317 e. The van der Waals surface area contributed by atoms with Crippen LogP contribution in [0.25, 0.3) is 71.6 Å². The summed E-state index contributed by atoms with van der Waals surface area (Å²) in [6, 6.07) is 68.6. The fraction of sp³-hybridized carbons (Fsp3) is 0.0385. The maximum Gasteiger partial charge on any atom is 0.0548 e. The summed E-state index contributed by atoms with van der Waals surface area (Å²) < 4.78 is 7.10. The fourth-order valence-electron chi connectivity index (χ4n) is 8.76. The summed E-state index contributed by atoms with van der Waals surface area (Å²) in [5, 5.41) is 6.22. The van der Waals surface area contributed by atoms with E-state index in [0.717, 1.165) is 34.1 Å². The number of rotatable bonds is 6. The quantitative estimate of drug-likeness (QED) is 0.167. The maximum atomic E-state index is 2.43. The average Bonchev–Trinajstić information content (AvgIpc) is 3.93. The van der Waals surface area contributed by atoms with Gasteiger partial charge in [0.15, 0.2) is 0 Å². The molecule has 0 fully saturated rings. The zero-order valence-electron chi connectivity index (χ0n) is 31.3. The smallest absolute Gasteiger partial charge is 0.0548 e. The Bertz CT molecular complexity index is 3250. The van der Waals surface area contributed by atoms with E-state index in [2.05, 4.69) is 227 Å². The second-order valence-corrected chi connectivity index (χ2v) is 14.8. The van der Waals surface area contributed by atoms with Gasteiger partial charge < -0.3 is 18.6 Å². The molecule has 266 valence electrons. The number of hydrogen-bond acceptors (Lipinski definition) is 1. The summed E-state index contributed by atoms with van der Waals surface area (Å²) in [6.45, 7) is 4.29. The van der Waals surface area contributed by atoms with Crippen molar-refractivity contribution < 1.29 is 0 Å². The molecule has 0 saturated heterocycles. The van der Waals surface area contributed by atoms with Crippen molar-refractivity contribution in [1.29, 1.82) is 0 Å². The number of fused-ring (bicyclic) bond motifs is 8. The number of aromatic nitrogens is 3. The van der Waals surface area contributed by atoms with Crippen molar-refractivity contribution in [2.45, 2.75) is 13.8 Å². The number of para-hydroxylation sites is 3.